The van der Waals surface area contributed by atoms with Gasteiger partial charge in [-0.05, 0) is 11.4 Å². The smallest absolute Gasteiger partial charge is 0.199 e. The van der Waals surface area contributed by atoms with Gasteiger partial charge in [0.2, 0.25) is 0 Å². The molecule has 2 N–H and O–H groups in total. The summed E-state index contributed by atoms with van der Waals surface area (Å²) in [5.74, 6) is -0.365. The molecule has 0 atom stereocenters. The number of benzene rings is 1. The Balaban J connectivity index is 2.13. The van der Waals surface area contributed by atoms with Crippen LogP contribution in [0.3, 0.4) is 0 Å². The zero-order valence-corrected chi connectivity index (χ0v) is 10.1. The molecule has 1 aliphatic carbocycles. The molecule has 18 heavy (non-hydrogen) atoms. The van der Waals surface area contributed by atoms with Crippen molar-refractivity contribution in [3.63, 3.8) is 0 Å². The molecule has 0 spiro atoms. The minimum Gasteiger partial charge on any atom is -0.506 e. The fraction of sp³-hybridized carbons (Fsp3) is 0. The van der Waals surface area contributed by atoms with Gasteiger partial charge >= 0.3 is 0 Å². The minimum atomic E-state index is -0.276. The Hall–Kier alpha value is -2.20. The van der Waals surface area contributed by atoms with Crippen molar-refractivity contribution in [1.82, 2.24) is 0 Å². The molecule has 1 aromatic heterocycles. The molecule has 0 saturated heterocycles. The predicted molar refractivity (Wildman–Crippen MR) is 71.5 cm³/mol. The van der Waals surface area contributed by atoms with E-state index in [1.165, 1.54) is 11.3 Å². The van der Waals surface area contributed by atoms with Crippen molar-refractivity contribution in [2.75, 3.05) is 0 Å². The van der Waals surface area contributed by atoms with Crippen LogP contribution in [0.2, 0.25) is 0 Å². The molecule has 0 amide bonds. The van der Waals surface area contributed by atoms with Crippen LogP contribution in [-0.4, -0.2) is 16.6 Å². The van der Waals surface area contributed by atoms with Crippen molar-refractivity contribution in [3.8, 4) is 0 Å². The van der Waals surface area contributed by atoms with Crippen LogP contribution in [0.25, 0.3) is 5.76 Å². The van der Waals surface area contributed by atoms with Gasteiger partial charge in [0.05, 0.1) is 16.2 Å². The molecular weight excluding hydrogens is 246 g/mol. The molecule has 0 unspecified atom stereocenters. The quantitative estimate of drug-likeness (QED) is 0.809. The standard InChI is InChI=1S/C14H9NO2S/c15-12(10-6-3-7-18-10)11-13(16)8-4-1-2-5-9(8)14(11)17/h1-7,15-16H. The highest BCUT2D eigenvalue weighted by atomic mass is 32.1. The van der Waals surface area contributed by atoms with Gasteiger partial charge in [-0.1, -0.05) is 30.3 Å². The second-order valence-corrected chi connectivity index (χ2v) is 4.90. The number of hydrogen-bond donors (Lipinski definition) is 2. The highest BCUT2D eigenvalue weighted by Crippen LogP contribution is 2.33. The number of aliphatic hydroxyl groups excluding tert-OH is 1. The Morgan fingerprint density at radius 2 is 1.83 bits per heavy atom. The molecule has 0 bridgehead atoms. The topological polar surface area (TPSA) is 61.1 Å². The molecule has 3 nitrogen and oxygen atoms in total. The van der Waals surface area contributed by atoms with Crippen LogP contribution >= 0.6 is 11.3 Å². The molecule has 0 radical (unpaired) electrons. The van der Waals surface area contributed by atoms with E-state index in [0.717, 1.165) is 0 Å². The zero-order valence-electron chi connectivity index (χ0n) is 9.31. The summed E-state index contributed by atoms with van der Waals surface area (Å²) in [5.41, 5.74) is 1.16. The van der Waals surface area contributed by atoms with Crippen molar-refractivity contribution < 1.29 is 9.90 Å². The average Bonchev–Trinajstić information content (AvgIpc) is 2.99. The minimum absolute atomic E-state index is 0.0868. The van der Waals surface area contributed by atoms with Crippen molar-refractivity contribution in [2.24, 2.45) is 0 Å². The Bertz CT molecular complexity index is 684. The van der Waals surface area contributed by atoms with E-state index in [1.807, 2.05) is 11.4 Å². The molecule has 2 aromatic rings. The third-order valence-electron chi connectivity index (χ3n) is 2.91. The van der Waals surface area contributed by atoms with Crippen LogP contribution in [0.5, 0.6) is 0 Å². The number of fused-ring (bicyclic) bond motifs is 1. The largest absolute Gasteiger partial charge is 0.506 e. The molecule has 1 aromatic carbocycles. The van der Waals surface area contributed by atoms with Gasteiger partial charge in [0.25, 0.3) is 0 Å². The van der Waals surface area contributed by atoms with E-state index in [1.54, 1.807) is 30.3 Å². The normalized spacial score (nSPS) is 13.9. The van der Waals surface area contributed by atoms with Gasteiger partial charge in [-0.25, -0.2) is 0 Å². The molecule has 88 valence electrons. The Kier molecular flexibility index (Phi) is 2.38. The molecule has 0 aliphatic heterocycles. The van der Waals surface area contributed by atoms with E-state index in [2.05, 4.69) is 0 Å². The second-order valence-electron chi connectivity index (χ2n) is 3.95. The monoisotopic (exact) mass is 255 g/mol. The summed E-state index contributed by atoms with van der Waals surface area (Å²) in [5, 5.41) is 20.0. The number of carbonyl (C=O) groups excluding carboxylic acids is 1. The first kappa shape index (κ1) is 10.9. The van der Waals surface area contributed by atoms with Gasteiger partial charge < -0.3 is 5.11 Å². The highest BCUT2D eigenvalue weighted by Gasteiger charge is 2.32. The third-order valence-corrected chi connectivity index (χ3v) is 3.80. The van der Waals surface area contributed by atoms with Gasteiger partial charge in [0.1, 0.15) is 5.76 Å². The lowest BCUT2D eigenvalue weighted by Crippen LogP contribution is -2.09. The summed E-state index contributed by atoms with van der Waals surface area (Å²) in [6.07, 6.45) is 0. The fourth-order valence-corrected chi connectivity index (χ4v) is 2.72. The summed E-state index contributed by atoms with van der Waals surface area (Å²) < 4.78 is 0. The summed E-state index contributed by atoms with van der Waals surface area (Å²) in [6, 6.07) is 10.5. The molecule has 1 heterocycles. The Labute approximate surface area is 108 Å². The van der Waals surface area contributed by atoms with Crippen LogP contribution in [0.4, 0.5) is 0 Å². The maximum atomic E-state index is 12.2. The predicted octanol–water partition coefficient (Wildman–Crippen LogP) is 3.28. The van der Waals surface area contributed by atoms with Crippen molar-refractivity contribution in [1.29, 1.82) is 5.41 Å². The summed E-state index contributed by atoms with van der Waals surface area (Å²) >= 11 is 1.38. The first-order valence-corrected chi connectivity index (χ1v) is 6.28. The number of Topliss-reactive ketones (excluding diaryl/α,β-unsaturated/α-hetero) is 1. The maximum absolute atomic E-state index is 12.2. The summed E-state index contributed by atoms with van der Waals surface area (Å²) in [6.45, 7) is 0. The van der Waals surface area contributed by atoms with Gasteiger partial charge in [0, 0.05) is 11.1 Å². The Morgan fingerprint density at radius 1 is 1.11 bits per heavy atom. The third kappa shape index (κ3) is 1.43. The van der Waals surface area contributed by atoms with Crippen LogP contribution < -0.4 is 0 Å². The number of aliphatic hydroxyl groups is 1. The van der Waals surface area contributed by atoms with Crippen LogP contribution in [0.15, 0.2) is 47.4 Å². The lowest BCUT2D eigenvalue weighted by atomic mass is 10.0. The number of hydrogen-bond acceptors (Lipinski definition) is 4. The molecule has 1 aliphatic rings. The van der Waals surface area contributed by atoms with Crippen molar-refractivity contribution in [3.05, 3.63) is 63.4 Å². The molecular formula is C14H9NO2S. The van der Waals surface area contributed by atoms with E-state index in [9.17, 15) is 9.90 Å². The Morgan fingerprint density at radius 3 is 2.44 bits per heavy atom. The number of carbonyl (C=O) groups is 1. The van der Waals surface area contributed by atoms with Crippen LogP contribution in [0.1, 0.15) is 20.8 Å². The van der Waals surface area contributed by atoms with Gasteiger partial charge in [0.15, 0.2) is 5.78 Å². The lowest BCUT2D eigenvalue weighted by Gasteiger charge is -2.01. The van der Waals surface area contributed by atoms with E-state index >= 15 is 0 Å². The van der Waals surface area contributed by atoms with E-state index in [4.69, 9.17) is 5.41 Å². The SMILES string of the molecule is N=C(C1=C(O)c2ccccc2C1=O)c1cccs1. The fourth-order valence-electron chi connectivity index (χ4n) is 2.04. The van der Waals surface area contributed by atoms with Crippen LogP contribution in [-0.2, 0) is 0 Å². The van der Waals surface area contributed by atoms with Crippen LogP contribution in [0, 0.1) is 5.41 Å². The first-order valence-electron chi connectivity index (χ1n) is 5.40. The number of nitrogens with one attached hydrogen (secondary N) is 1. The number of thiophene rings is 1. The van der Waals surface area contributed by atoms with E-state index < -0.39 is 0 Å². The number of ketones is 1. The summed E-state index contributed by atoms with van der Waals surface area (Å²) in [7, 11) is 0. The van der Waals surface area contributed by atoms with E-state index in [-0.39, 0.29) is 22.8 Å². The summed E-state index contributed by atoms with van der Waals surface area (Å²) in [4.78, 5) is 12.9. The van der Waals surface area contributed by atoms with Gasteiger partial charge in [-0.3, -0.25) is 10.2 Å². The molecule has 0 fully saturated rings. The average molecular weight is 255 g/mol. The zero-order chi connectivity index (χ0) is 12.7. The maximum Gasteiger partial charge on any atom is 0.199 e. The molecule has 3 rings (SSSR count). The van der Waals surface area contributed by atoms with Gasteiger partial charge in [-0.2, -0.15) is 0 Å². The number of rotatable bonds is 2. The second kappa shape index (κ2) is 3.92. The molecule has 0 saturated carbocycles. The molecule has 4 heteroatoms. The number of allylic oxidation sites excluding steroid dienone is 1. The van der Waals surface area contributed by atoms with Crippen molar-refractivity contribution in [2.45, 2.75) is 0 Å². The van der Waals surface area contributed by atoms with Gasteiger partial charge in [-0.15, -0.1) is 11.3 Å². The highest BCUT2D eigenvalue weighted by molar-refractivity contribution is 7.12. The van der Waals surface area contributed by atoms with E-state index in [0.29, 0.717) is 16.0 Å². The first-order chi connectivity index (χ1) is 8.70. The lowest BCUT2D eigenvalue weighted by molar-refractivity contribution is 0.104. The van der Waals surface area contributed by atoms with Crippen molar-refractivity contribution >= 4 is 28.6 Å².